The first-order chi connectivity index (χ1) is 13.0. The molecule has 0 spiro atoms. The van der Waals surface area contributed by atoms with Crippen LogP contribution in [-0.4, -0.2) is 22.0 Å². The number of aromatic amines is 1. The summed E-state index contributed by atoms with van der Waals surface area (Å²) in [7, 11) is 0. The third-order valence-electron chi connectivity index (χ3n) is 3.59. The van der Waals surface area contributed by atoms with Crippen molar-refractivity contribution >= 4 is 51.9 Å². The van der Waals surface area contributed by atoms with E-state index in [9.17, 15) is 14.4 Å². The van der Waals surface area contributed by atoms with Gasteiger partial charge < -0.3 is 0 Å². The number of H-pyrrole nitrogens is 1. The van der Waals surface area contributed by atoms with Gasteiger partial charge in [-0.15, -0.1) is 0 Å². The molecule has 7 nitrogen and oxygen atoms in total. The topological polar surface area (TPSA) is 104 Å². The van der Waals surface area contributed by atoms with Crippen molar-refractivity contribution in [3.63, 3.8) is 0 Å². The van der Waals surface area contributed by atoms with Crippen LogP contribution in [0.15, 0.2) is 53.3 Å². The third kappa shape index (κ3) is 4.33. The number of rotatable bonds is 3. The maximum Gasteiger partial charge on any atom is 0.290 e. The second-order valence-electron chi connectivity index (χ2n) is 5.39. The van der Waals surface area contributed by atoms with Crippen LogP contribution < -0.4 is 16.4 Å². The molecule has 2 aromatic carbocycles. The zero-order chi connectivity index (χ0) is 19.4. The van der Waals surface area contributed by atoms with Gasteiger partial charge in [-0.2, -0.15) is 5.10 Å². The average molecular weight is 403 g/mol. The van der Waals surface area contributed by atoms with Gasteiger partial charge in [0.2, 0.25) is 0 Å². The summed E-state index contributed by atoms with van der Waals surface area (Å²) in [4.78, 5) is 35.9. The largest absolute Gasteiger partial charge is 0.290 e. The number of carbonyl (C=O) groups excluding carboxylic acids is 2. The molecule has 1 heterocycles. The van der Waals surface area contributed by atoms with Crippen molar-refractivity contribution in [1.82, 2.24) is 21.0 Å². The lowest BCUT2D eigenvalue weighted by molar-refractivity contribution is -0.117. The number of halogens is 2. The number of hydrazine groups is 1. The first kappa shape index (κ1) is 18.6. The van der Waals surface area contributed by atoms with Crippen LogP contribution in [0, 0.1) is 0 Å². The molecule has 9 heteroatoms. The van der Waals surface area contributed by atoms with Crippen molar-refractivity contribution in [3.05, 3.63) is 80.2 Å². The van der Waals surface area contributed by atoms with E-state index in [0.29, 0.717) is 26.4 Å². The Morgan fingerprint density at radius 1 is 1.04 bits per heavy atom. The molecule has 0 atom stereocenters. The Morgan fingerprint density at radius 3 is 2.52 bits per heavy atom. The zero-order valence-electron chi connectivity index (χ0n) is 13.6. The normalized spacial score (nSPS) is 10.9. The zero-order valence-corrected chi connectivity index (χ0v) is 15.1. The van der Waals surface area contributed by atoms with E-state index >= 15 is 0 Å². The number of amides is 2. The average Bonchev–Trinajstić information content (AvgIpc) is 2.66. The third-order valence-corrected chi connectivity index (χ3v) is 4.15. The van der Waals surface area contributed by atoms with E-state index in [4.69, 9.17) is 23.2 Å². The maximum atomic E-state index is 12.3. The molecule has 1 aromatic heterocycles. The predicted molar refractivity (Wildman–Crippen MR) is 103 cm³/mol. The molecule has 0 unspecified atom stereocenters. The summed E-state index contributed by atoms with van der Waals surface area (Å²) in [5.41, 5.74) is 4.64. The summed E-state index contributed by atoms with van der Waals surface area (Å²) in [6.45, 7) is 0. The van der Waals surface area contributed by atoms with E-state index < -0.39 is 17.4 Å². The van der Waals surface area contributed by atoms with Gasteiger partial charge in [-0.3, -0.25) is 25.2 Å². The van der Waals surface area contributed by atoms with Gasteiger partial charge >= 0.3 is 0 Å². The molecule has 0 aliphatic carbocycles. The minimum Gasteiger partial charge on any atom is -0.268 e. The van der Waals surface area contributed by atoms with Gasteiger partial charge in [0.05, 0.1) is 5.39 Å². The predicted octanol–water partition coefficient (Wildman–Crippen LogP) is 2.70. The molecule has 0 saturated carbocycles. The summed E-state index contributed by atoms with van der Waals surface area (Å²) in [6.07, 6.45) is 2.68. The summed E-state index contributed by atoms with van der Waals surface area (Å²) in [5, 5.41) is 7.56. The highest BCUT2D eigenvalue weighted by atomic mass is 35.5. The van der Waals surface area contributed by atoms with Crippen molar-refractivity contribution < 1.29 is 9.59 Å². The quantitative estimate of drug-likeness (QED) is 0.462. The van der Waals surface area contributed by atoms with Gasteiger partial charge in [0.1, 0.15) is 0 Å². The molecular weight excluding hydrogens is 391 g/mol. The van der Waals surface area contributed by atoms with Gasteiger partial charge in [0.15, 0.2) is 5.69 Å². The Kier molecular flexibility index (Phi) is 5.54. The smallest absolute Gasteiger partial charge is 0.268 e. The number of nitrogens with zero attached hydrogens (tertiary/aromatic N) is 1. The van der Waals surface area contributed by atoms with Crippen molar-refractivity contribution in [2.75, 3.05) is 0 Å². The van der Waals surface area contributed by atoms with Gasteiger partial charge in [-0.1, -0.05) is 47.5 Å². The Morgan fingerprint density at radius 2 is 1.78 bits per heavy atom. The molecular formula is C18H12Cl2N4O3. The van der Waals surface area contributed by atoms with Crippen LogP contribution in [0.1, 0.15) is 16.1 Å². The lowest BCUT2D eigenvalue weighted by Gasteiger charge is -2.06. The van der Waals surface area contributed by atoms with E-state index in [1.807, 2.05) is 0 Å². The number of aromatic nitrogens is 2. The first-order valence-corrected chi connectivity index (χ1v) is 8.42. The summed E-state index contributed by atoms with van der Waals surface area (Å²) in [6, 6.07) is 11.4. The van der Waals surface area contributed by atoms with E-state index in [2.05, 4.69) is 21.0 Å². The van der Waals surface area contributed by atoms with Crippen molar-refractivity contribution in [1.29, 1.82) is 0 Å². The molecule has 27 heavy (non-hydrogen) atoms. The number of nitrogens with one attached hydrogen (secondary N) is 3. The summed E-state index contributed by atoms with van der Waals surface area (Å²) < 4.78 is 0. The van der Waals surface area contributed by atoms with Crippen LogP contribution in [0.2, 0.25) is 10.0 Å². The minimum absolute atomic E-state index is 0.0183. The highest BCUT2D eigenvalue weighted by Gasteiger charge is 2.14. The fourth-order valence-corrected chi connectivity index (χ4v) is 2.78. The van der Waals surface area contributed by atoms with E-state index in [1.165, 1.54) is 12.2 Å². The van der Waals surface area contributed by atoms with Crippen molar-refractivity contribution in [2.24, 2.45) is 0 Å². The summed E-state index contributed by atoms with van der Waals surface area (Å²) in [5.74, 6) is -1.25. The standard InChI is InChI=1S/C18H12Cl2N4O3/c19-11-7-5-10(14(20)9-11)6-8-15(25)21-24-18(27)16-12-3-1-2-4-13(12)17(26)23-22-16/h1-9H,(H,21,25)(H,23,26)(H,24,27)/b8-6+. The van der Waals surface area contributed by atoms with Gasteiger partial charge in [-0.05, 0) is 29.8 Å². The number of hydrogen-bond acceptors (Lipinski definition) is 4. The molecule has 3 N–H and O–H groups in total. The molecule has 0 aliphatic heterocycles. The Balaban J connectivity index is 1.69. The van der Waals surface area contributed by atoms with Crippen LogP contribution in [0.25, 0.3) is 16.8 Å². The van der Waals surface area contributed by atoms with Crippen LogP contribution in [0.5, 0.6) is 0 Å². The van der Waals surface area contributed by atoms with E-state index in [0.717, 1.165) is 0 Å². The monoisotopic (exact) mass is 402 g/mol. The fraction of sp³-hybridized carbons (Fsp3) is 0. The first-order valence-electron chi connectivity index (χ1n) is 7.66. The van der Waals surface area contributed by atoms with Crippen LogP contribution in [-0.2, 0) is 4.79 Å². The second kappa shape index (κ2) is 8.03. The van der Waals surface area contributed by atoms with Crippen LogP contribution in [0.3, 0.4) is 0 Å². The highest BCUT2D eigenvalue weighted by molar-refractivity contribution is 6.35. The SMILES string of the molecule is O=C(/C=C/c1ccc(Cl)cc1Cl)NNC(=O)c1n[nH]c(=O)c2ccccc12. The minimum atomic E-state index is -0.672. The maximum absolute atomic E-state index is 12.3. The van der Waals surface area contributed by atoms with E-state index in [-0.39, 0.29) is 5.69 Å². The molecule has 0 bridgehead atoms. The molecule has 136 valence electrons. The van der Waals surface area contributed by atoms with Gasteiger partial charge in [-0.25, -0.2) is 5.10 Å². The Bertz CT molecular complexity index is 1130. The molecule has 2 amide bonds. The lowest BCUT2D eigenvalue weighted by Crippen LogP contribution is -2.41. The molecule has 0 saturated heterocycles. The lowest BCUT2D eigenvalue weighted by atomic mass is 10.1. The second-order valence-corrected chi connectivity index (χ2v) is 6.23. The Labute approximate surface area is 163 Å². The van der Waals surface area contributed by atoms with Crippen LogP contribution >= 0.6 is 23.2 Å². The number of benzene rings is 2. The molecule has 0 aliphatic rings. The molecule has 3 rings (SSSR count). The van der Waals surface area contributed by atoms with Crippen molar-refractivity contribution in [3.8, 4) is 0 Å². The number of fused-ring (bicyclic) bond motifs is 1. The Hall–Kier alpha value is -3.16. The van der Waals surface area contributed by atoms with Crippen molar-refractivity contribution in [2.45, 2.75) is 0 Å². The van der Waals surface area contributed by atoms with E-state index in [1.54, 1.807) is 42.5 Å². The molecule has 0 radical (unpaired) electrons. The molecule has 0 fully saturated rings. The number of hydrogen-bond donors (Lipinski definition) is 3. The highest BCUT2D eigenvalue weighted by Crippen LogP contribution is 2.21. The van der Waals surface area contributed by atoms with Gasteiger partial charge in [0.25, 0.3) is 17.4 Å². The number of carbonyl (C=O) groups is 2. The fourth-order valence-electron chi connectivity index (χ4n) is 2.31. The van der Waals surface area contributed by atoms with Gasteiger partial charge in [0, 0.05) is 21.5 Å². The molecule has 3 aromatic rings. The van der Waals surface area contributed by atoms with Crippen LogP contribution in [0.4, 0.5) is 0 Å². The summed E-state index contributed by atoms with van der Waals surface area (Å²) >= 11 is 11.8.